The maximum Gasteiger partial charge on any atom is 0.0478 e. The fourth-order valence-electron chi connectivity index (χ4n) is 2.43. The van der Waals surface area contributed by atoms with Crippen LogP contribution >= 0.6 is 0 Å². The lowest BCUT2D eigenvalue weighted by Crippen LogP contribution is -2.46. The molecule has 1 heterocycles. The zero-order valence-electron chi connectivity index (χ0n) is 8.03. The molecule has 0 radical (unpaired) electrons. The molecule has 1 fully saturated rings. The Hall–Kier alpha value is -0.890. The molecule has 0 unspecified atom stereocenters. The first kappa shape index (κ1) is 8.70. The maximum absolute atomic E-state index is 5.82. The predicted octanol–water partition coefficient (Wildman–Crippen LogP) is 1.71. The molecule has 0 atom stereocenters. The average Bonchev–Trinajstić information content (AvgIpc) is 2.14. The third-order valence-corrected chi connectivity index (χ3v) is 3.08. The quantitative estimate of drug-likeness (QED) is 0.745. The zero-order valence-corrected chi connectivity index (χ0v) is 8.03. The van der Waals surface area contributed by atoms with E-state index in [1.165, 1.54) is 18.5 Å². The molecule has 0 amide bonds. The van der Waals surface area contributed by atoms with Gasteiger partial charge in [0.25, 0.3) is 0 Å². The fraction of sp³-hybridized carbons (Fsp3) is 0.545. The lowest BCUT2D eigenvalue weighted by atomic mass is 9.61. The van der Waals surface area contributed by atoms with Crippen molar-refractivity contribution in [3.8, 4) is 0 Å². The normalized spacial score (nSPS) is 32.6. The standard InChI is InChI=1S/C11H16N2/c1-9-6-11(7-9,8-12)10-4-2-3-5-13-10/h2-5,9H,6-8,12H2,1H3. The van der Waals surface area contributed by atoms with Crippen LogP contribution in [0.4, 0.5) is 0 Å². The molecule has 13 heavy (non-hydrogen) atoms. The fourth-order valence-corrected chi connectivity index (χ4v) is 2.43. The lowest BCUT2D eigenvalue weighted by Gasteiger charge is -2.45. The van der Waals surface area contributed by atoms with E-state index in [0.29, 0.717) is 0 Å². The van der Waals surface area contributed by atoms with Crippen molar-refractivity contribution in [3.05, 3.63) is 30.1 Å². The van der Waals surface area contributed by atoms with Crippen molar-refractivity contribution in [1.29, 1.82) is 0 Å². The van der Waals surface area contributed by atoms with Gasteiger partial charge in [0.1, 0.15) is 0 Å². The summed E-state index contributed by atoms with van der Waals surface area (Å²) in [4.78, 5) is 4.40. The number of pyridine rings is 1. The Balaban J connectivity index is 2.24. The van der Waals surface area contributed by atoms with E-state index in [1.54, 1.807) is 0 Å². The molecule has 0 saturated heterocycles. The second kappa shape index (κ2) is 3.11. The van der Waals surface area contributed by atoms with Crippen LogP contribution in [0.25, 0.3) is 0 Å². The molecule has 2 N–H and O–H groups in total. The molecule has 0 spiro atoms. The molecule has 2 nitrogen and oxygen atoms in total. The van der Waals surface area contributed by atoms with Crippen LogP contribution in [0.5, 0.6) is 0 Å². The summed E-state index contributed by atoms with van der Waals surface area (Å²) in [6.45, 7) is 3.01. The SMILES string of the molecule is CC1CC(CN)(c2ccccn2)C1. The van der Waals surface area contributed by atoms with Crippen molar-refractivity contribution in [2.75, 3.05) is 6.54 Å². The molecule has 1 aromatic heterocycles. The van der Waals surface area contributed by atoms with Gasteiger partial charge in [0, 0.05) is 23.9 Å². The van der Waals surface area contributed by atoms with E-state index < -0.39 is 0 Å². The highest BCUT2D eigenvalue weighted by Gasteiger charge is 2.43. The van der Waals surface area contributed by atoms with E-state index >= 15 is 0 Å². The Morgan fingerprint density at radius 2 is 2.31 bits per heavy atom. The van der Waals surface area contributed by atoms with Gasteiger partial charge in [0.2, 0.25) is 0 Å². The predicted molar refractivity (Wildman–Crippen MR) is 53.4 cm³/mol. The van der Waals surface area contributed by atoms with Crippen LogP contribution in [0.1, 0.15) is 25.5 Å². The average molecular weight is 176 g/mol. The number of rotatable bonds is 2. The summed E-state index contributed by atoms with van der Waals surface area (Å²) in [6.07, 6.45) is 4.25. The molecule has 1 aliphatic rings. The van der Waals surface area contributed by atoms with Crippen molar-refractivity contribution in [2.45, 2.75) is 25.2 Å². The molecule has 2 heteroatoms. The highest BCUT2D eigenvalue weighted by molar-refractivity contribution is 5.22. The summed E-state index contributed by atoms with van der Waals surface area (Å²) < 4.78 is 0. The van der Waals surface area contributed by atoms with Crippen LogP contribution in [0.15, 0.2) is 24.4 Å². The zero-order chi connectivity index (χ0) is 9.31. The number of hydrogen-bond acceptors (Lipinski definition) is 2. The first-order valence-corrected chi connectivity index (χ1v) is 4.88. The third kappa shape index (κ3) is 1.35. The molecule has 2 rings (SSSR count). The Labute approximate surface area is 79.2 Å². The summed E-state index contributed by atoms with van der Waals surface area (Å²) in [7, 11) is 0. The molecular formula is C11H16N2. The van der Waals surface area contributed by atoms with Gasteiger partial charge in [-0.1, -0.05) is 13.0 Å². The molecule has 0 aliphatic heterocycles. The van der Waals surface area contributed by atoms with Gasteiger partial charge in [-0.15, -0.1) is 0 Å². The molecule has 1 saturated carbocycles. The van der Waals surface area contributed by atoms with Gasteiger partial charge < -0.3 is 5.73 Å². The van der Waals surface area contributed by atoms with Crippen LogP contribution in [-0.2, 0) is 5.41 Å². The van der Waals surface area contributed by atoms with Crippen molar-refractivity contribution >= 4 is 0 Å². The van der Waals surface area contributed by atoms with E-state index in [-0.39, 0.29) is 5.41 Å². The number of hydrogen-bond donors (Lipinski definition) is 1. The summed E-state index contributed by atoms with van der Waals surface area (Å²) in [6, 6.07) is 6.09. The summed E-state index contributed by atoms with van der Waals surface area (Å²) in [5.74, 6) is 0.811. The second-order valence-corrected chi connectivity index (χ2v) is 4.21. The first-order chi connectivity index (χ1) is 6.27. The summed E-state index contributed by atoms with van der Waals surface area (Å²) >= 11 is 0. The van der Waals surface area contributed by atoms with Gasteiger partial charge in [-0.2, -0.15) is 0 Å². The summed E-state index contributed by atoms with van der Waals surface area (Å²) in [5.41, 5.74) is 7.19. The monoisotopic (exact) mass is 176 g/mol. The van der Waals surface area contributed by atoms with Gasteiger partial charge >= 0.3 is 0 Å². The molecular weight excluding hydrogens is 160 g/mol. The number of aromatic nitrogens is 1. The molecule has 0 bridgehead atoms. The smallest absolute Gasteiger partial charge is 0.0478 e. The van der Waals surface area contributed by atoms with Gasteiger partial charge in [0.05, 0.1) is 0 Å². The van der Waals surface area contributed by atoms with E-state index in [0.717, 1.165) is 12.5 Å². The van der Waals surface area contributed by atoms with E-state index in [4.69, 9.17) is 5.73 Å². The Morgan fingerprint density at radius 3 is 2.77 bits per heavy atom. The van der Waals surface area contributed by atoms with Gasteiger partial charge in [0.15, 0.2) is 0 Å². The third-order valence-electron chi connectivity index (χ3n) is 3.08. The van der Waals surface area contributed by atoms with Crippen molar-refractivity contribution < 1.29 is 0 Å². The molecule has 1 aromatic rings. The maximum atomic E-state index is 5.82. The second-order valence-electron chi connectivity index (χ2n) is 4.21. The molecule has 70 valence electrons. The van der Waals surface area contributed by atoms with E-state index in [9.17, 15) is 0 Å². The van der Waals surface area contributed by atoms with Gasteiger partial charge in [-0.05, 0) is 30.9 Å². The van der Waals surface area contributed by atoms with Crippen LogP contribution in [0.3, 0.4) is 0 Å². The van der Waals surface area contributed by atoms with E-state index in [2.05, 4.69) is 18.0 Å². The van der Waals surface area contributed by atoms with Gasteiger partial charge in [-0.25, -0.2) is 0 Å². The Bertz CT molecular complexity index is 275. The Kier molecular flexibility index (Phi) is 2.08. The lowest BCUT2D eigenvalue weighted by molar-refractivity contribution is 0.159. The van der Waals surface area contributed by atoms with Crippen LogP contribution in [-0.4, -0.2) is 11.5 Å². The van der Waals surface area contributed by atoms with Crippen molar-refractivity contribution in [3.63, 3.8) is 0 Å². The van der Waals surface area contributed by atoms with Crippen LogP contribution in [0.2, 0.25) is 0 Å². The molecule has 0 aromatic carbocycles. The van der Waals surface area contributed by atoms with Gasteiger partial charge in [-0.3, -0.25) is 4.98 Å². The summed E-state index contributed by atoms with van der Waals surface area (Å²) in [5, 5.41) is 0. The number of nitrogens with two attached hydrogens (primary N) is 1. The van der Waals surface area contributed by atoms with Crippen molar-refractivity contribution in [1.82, 2.24) is 4.98 Å². The first-order valence-electron chi connectivity index (χ1n) is 4.88. The largest absolute Gasteiger partial charge is 0.330 e. The Morgan fingerprint density at radius 1 is 1.54 bits per heavy atom. The number of nitrogens with zero attached hydrogens (tertiary/aromatic N) is 1. The minimum atomic E-state index is 0.195. The van der Waals surface area contributed by atoms with Crippen molar-refractivity contribution in [2.24, 2.45) is 11.7 Å². The van der Waals surface area contributed by atoms with Crippen LogP contribution < -0.4 is 5.73 Å². The topological polar surface area (TPSA) is 38.9 Å². The highest BCUT2D eigenvalue weighted by atomic mass is 14.8. The molecule has 1 aliphatic carbocycles. The minimum absolute atomic E-state index is 0.195. The van der Waals surface area contributed by atoms with Crippen LogP contribution in [0, 0.1) is 5.92 Å². The highest BCUT2D eigenvalue weighted by Crippen LogP contribution is 2.45. The minimum Gasteiger partial charge on any atom is -0.330 e. The van der Waals surface area contributed by atoms with E-state index in [1.807, 2.05) is 18.3 Å².